The van der Waals surface area contributed by atoms with Crippen LogP contribution >= 0.6 is 23.8 Å². The normalized spacial score (nSPS) is 10.5. The Balaban J connectivity index is 1.76. The predicted molar refractivity (Wildman–Crippen MR) is 96.7 cm³/mol. The Morgan fingerprint density at radius 1 is 1.27 bits per heavy atom. The van der Waals surface area contributed by atoms with E-state index in [4.69, 9.17) is 23.8 Å². The van der Waals surface area contributed by atoms with Crippen molar-refractivity contribution < 1.29 is 0 Å². The molecule has 2 aromatic rings. The molecule has 0 saturated heterocycles. The molecule has 2 N–H and O–H groups in total. The molecule has 0 unspecified atom stereocenters. The maximum atomic E-state index is 6.00. The third kappa shape index (κ3) is 4.71. The summed E-state index contributed by atoms with van der Waals surface area (Å²) in [6, 6.07) is 7.80. The number of halogens is 1. The first-order valence-electron chi connectivity index (χ1n) is 7.28. The van der Waals surface area contributed by atoms with Gasteiger partial charge >= 0.3 is 0 Å². The van der Waals surface area contributed by atoms with Gasteiger partial charge in [0.25, 0.3) is 0 Å². The zero-order valence-corrected chi connectivity index (χ0v) is 14.7. The van der Waals surface area contributed by atoms with Gasteiger partial charge in [0.1, 0.15) is 0 Å². The second-order valence-corrected chi connectivity index (χ2v) is 6.19. The van der Waals surface area contributed by atoms with Crippen LogP contribution in [0.5, 0.6) is 0 Å². The lowest BCUT2D eigenvalue weighted by atomic mass is 10.2. The summed E-state index contributed by atoms with van der Waals surface area (Å²) in [5.41, 5.74) is 4.28. The van der Waals surface area contributed by atoms with Crippen LogP contribution < -0.4 is 10.6 Å². The largest absolute Gasteiger partial charge is 0.362 e. The lowest BCUT2D eigenvalue weighted by Gasteiger charge is -2.13. The van der Waals surface area contributed by atoms with E-state index in [0.717, 1.165) is 36.5 Å². The van der Waals surface area contributed by atoms with Gasteiger partial charge in [-0.05, 0) is 63.2 Å². The topological polar surface area (TPSA) is 41.9 Å². The van der Waals surface area contributed by atoms with Crippen molar-refractivity contribution in [2.75, 3.05) is 11.9 Å². The Kier molecular flexibility index (Phi) is 5.80. The molecule has 0 fully saturated rings. The van der Waals surface area contributed by atoms with Crippen LogP contribution in [0.15, 0.2) is 24.3 Å². The van der Waals surface area contributed by atoms with E-state index in [9.17, 15) is 0 Å². The zero-order chi connectivity index (χ0) is 16.1. The van der Waals surface area contributed by atoms with Crippen molar-refractivity contribution in [2.24, 2.45) is 0 Å². The minimum Gasteiger partial charge on any atom is -0.362 e. The molecule has 0 amide bonds. The predicted octanol–water partition coefficient (Wildman–Crippen LogP) is 3.84. The molecule has 6 heteroatoms. The average molecular weight is 337 g/mol. The van der Waals surface area contributed by atoms with Crippen molar-refractivity contribution in [3.63, 3.8) is 0 Å². The van der Waals surface area contributed by atoms with Gasteiger partial charge in [-0.2, -0.15) is 5.10 Å². The lowest BCUT2D eigenvalue weighted by molar-refractivity contribution is 0.558. The molecule has 0 atom stereocenters. The summed E-state index contributed by atoms with van der Waals surface area (Å²) < 4.78 is 2.02. The molecule has 0 bridgehead atoms. The number of aryl methyl sites for hydroxylation is 4. The van der Waals surface area contributed by atoms with Crippen LogP contribution in [0.2, 0.25) is 5.02 Å². The van der Waals surface area contributed by atoms with Crippen molar-refractivity contribution >= 4 is 34.6 Å². The quantitative estimate of drug-likeness (QED) is 0.643. The van der Waals surface area contributed by atoms with E-state index in [1.165, 1.54) is 5.69 Å². The molecule has 22 heavy (non-hydrogen) atoms. The standard InChI is InChI=1S/C16H21ClN4S/c1-11-5-6-14(17)10-15(11)19-16(22)18-7-4-8-21-13(3)9-12(2)20-21/h5-6,9-10H,4,7-8H2,1-3H3,(H2,18,19,22). The average Bonchev–Trinajstić information content (AvgIpc) is 2.77. The van der Waals surface area contributed by atoms with E-state index in [0.29, 0.717) is 10.1 Å². The first-order chi connectivity index (χ1) is 10.5. The van der Waals surface area contributed by atoms with Gasteiger partial charge in [0, 0.05) is 29.5 Å². The van der Waals surface area contributed by atoms with E-state index >= 15 is 0 Å². The molecule has 0 spiro atoms. The van der Waals surface area contributed by atoms with Crippen LogP contribution in [0.4, 0.5) is 5.69 Å². The number of hydrogen-bond donors (Lipinski definition) is 2. The fourth-order valence-electron chi connectivity index (χ4n) is 2.23. The van der Waals surface area contributed by atoms with Crippen LogP contribution in [0.25, 0.3) is 0 Å². The smallest absolute Gasteiger partial charge is 0.170 e. The van der Waals surface area contributed by atoms with Gasteiger partial charge in [-0.1, -0.05) is 17.7 Å². The first kappa shape index (κ1) is 16.8. The van der Waals surface area contributed by atoms with E-state index < -0.39 is 0 Å². The second kappa shape index (κ2) is 7.61. The second-order valence-electron chi connectivity index (χ2n) is 5.34. The summed E-state index contributed by atoms with van der Waals surface area (Å²) in [7, 11) is 0. The molecule has 118 valence electrons. The highest BCUT2D eigenvalue weighted by molar-refractivity contribution is 7.80. The van der Waals surface area contributed by atoms with E-state index in [-0.39, 0.29) is 0 Å². The molecule has 4 nitrogen and oxygen atoms in total. The lowest BCUT2D eigenvalue weighted by Crippen LogP contribution is -2.30. The van der Waals surface area contributed by atoms with Crippen LogP contribution in [0, 0.1) is 20.8 Å². The summed E-state index contributed by atoms with van der Waals surface area (Å²) in [5, 5.41) is 12.1. The van der Waals surface area contributed by atoms with Gasteiger partial charge < -0.3 is 10.6 Å². The number of anilines is 1. The first-order valence-corrected chi connectivity index (χ1v) is 8.06. The van der Waals surface area contributed by atoms with Gasteiger partial charge in [0.15, 0.2) is 5.11 Å². The highest BCUT2D eigenvalue weighted by atomic mass is 35.5. The molecule has 1 heterocycles. The van der Waals surface area contributed by atoms with Crippen molar-refractivity contribution in [2.45, 2.75) is 33.7 Å². The Labute approximate surface area is 141 Å². The number of nitrogens with zero attached hydrogens (tertiary/aromatic N) is 2. The zero-order valence-electron chi connectivity index (χ0n) is 13.1. The van der Waals surface area contributed by atoms with Crippen LogP contribution in [0.3, 0.4) is 0 Å². The fourth-order valence-corrected chi connectivity index (χ4v) is 2.61. The molecule has 1 aromatic carbocycles. The highest BCUT2D eigenvalue weighted by Gasteiger charge is 2.03. The minimum atomic E-state index is 0.610. The SMILES string of the molecule is Cc1cc(C)n(CCCNC(=S)Nc2cc(Cl)ccc2C)n1. The number of hydrogen-bond acceptors (Lipinski definition) is 2. The molecule has 0 aliphatic rings. The van der Waals surface area contributed by atoms with Crippen LogP contribution in [0.1, 0.15) is 23.4 Å². The Morgan fingerprint density at radius 3 is 2.73 bits per heavy atom. The van der Waals surface area contributed by atoms with Gasteiger partial charge in [0.05, 0.1) is 5.69 Å². The van der Waals surface area contributed by atoms with Crippen LogP contribution in [-0.4, -0.2) is 21.4 Å². The number of benzene rings is 1. The third-order valence-corrected chi connectivity index (χ3v) is 3.86. The Morgan fingerprint density at radius 2 is 2.05 bits per heavy atom. The van der Waals surface area contributed by atoms with Crippen molar-refractivity contribution in [1.82, 2.24) is 15.1 Å². The Bertz CT molecular complexity index is 666. The van der Waals surface area contributed by atoms with Crippen molar-refractivity contribution in [3.05, 3.63) is 46.2 Å². The maximum absolute atomic E-state index is 6.00. The van der Waals surface area contributed by atoms with Gasteiger partial charge in [-0.3, -0.25) is 4.68 Å². The van der Waals surface area contributed by atoms with Crippen molar-refractivity contribution in [1.29, 1.82) is 0 Å². The molecule has 0 radical (unpaired) electrons. The highest BCUT2D eigenvalue weighted by Crippen LogP contribution is 2.19. The molecule has 0 saturated carbocycles. The van der Waals surface area contributed by atoms with E-state index in [1.807, 2.05) is 36.7 Å². The molecule has 1 aromatic heterocycles. The number of aromatic nitrogens is 2. The number of thiocarbonyl (C=S) groups is 1. The van der Waals surface area contributed by atoms with E-state index in [1.54, 1.807) is 0 Å². The summed E-state index contributed by atoms with van der Waals surface area (Å²) in [6.07, 6.45) is 0.957. The molecule has 0 aliphatic carbocycles. The number of nitrogens with one attached hydrogen (secondary N) is 2. The van der Waals surface area contributed by atoms with Gasteiger partial charge in [0.2, 0.25) is 0 Å². The van der Waals surface area contributed by atoms with Gasteiger partial charge in [-0.25, -0.2) is 0 Å². The Hall–Kier alpha value is -1.59. The molecular formula is C16H21ClN4S. The fraction of sp³-hybridized carbons (Fsp3) is 0.375. The summed E-state index contributed by atoms with van der Waals surface area (Å²) in [4.78, 5) is 0. The molecule has 2 rings (SSSR count). The maximum Gasteiger partial charge on any atom is 0.170 e. The van der Waals surface area contributed by atoms with E-state index in [2.05, 4.69) is 28.7 Å². The summed E-state index contributed by atoms with van der Waals surface area (Å²) in [5.74, 6) is 0. The third-order valence-electron chi connectivity index (χ3n) is 3.38. The van der Waals surface area contributed by atoms with Crippen LogP contribution in [-0.2, 0) is 6.54 Å². The summed E-state index contributed by atoms with van der Waals surface area (Å²) >= 11 is 11.3. The monoisotopic (exact) mass is 336 g/mol. The molecular weight excluding hydrogens is 316 g/mol. The minimum absolute atomic E-state index is 0.610. The summed E-state index contributed by atoms with van der Waals surface area (Å²) in [6.45, 7) is 7.77. The van der Waals surface area contributed by atoms with Crippen molar-refractivity contribution in [3.8, 4) is 0 Å². The van der Waals surface area contributed by atoms with Gasteiger partial charge in [-0.15, -0.1) is 0 Å². The molecule has 0 aliphatic heterocycles. The number of rotatable bonds is 5.